The molecule has 3 fully saturated rings. The normalized spacial score (nSPS) is 58.1. The van der Waals surface area contributed by atoms with Crippen molar-refractivity contribution in [2.24, 2.45) is 10.8 Å². The standard InChI is InChI=1S/C15H20O6/c1-7-3-9-14(5-16,11(19)10(7)18)13(2)4-8(17)12(21-9)15(13)6-20-15/h3,8-9,11-12,16-17,19H,4-6H2,1-2H3/t8-,9-,11+,12-,13-,14-,15-/m0/s1. The van der Waals surface area contributed by atoms with Gasteiger partial charge in [-0.2, -0.15) is 0 Å². The minimum Gasteiger partial charge on any atom is -0.396 e. The number of hydrogen-bond donors (Lipinski definition) is 3. The molecule has 4 rings (SSSR count). The molecule has 0 unspecified atom stereocenters. The largest absolute Gasteiger partial charge is 0.396 e. The van der Waals surface area contributed by atoms with Crippen LogP contribution in [0.15, 0.2) is 11.6 Å². The smallest absolute Gasteiger partial charge is 0.187 e. The van der Waals surface area contributed by atoms with Crippen molar-refractivity contribution in [3.8, 4) is 0 Å². The van der Waals surface area contributed by atoms with Gasteiger partial charge in [0.15, 0.2) is 5.78 Å². The Bertz CT molecular complexity index is 552. The third-order valence-corrected chi connectivity index (χ3v) is 6.43. The van der Waals surface area contributed by atoms with Crippen molar-refractivity contribution in [2.45, 2.75) is 50.3 Å². The van der Waals surface area contributed by atoms with Gasteiger partial charge in [0.2, 0.25) is 0 Å². The maximum Gasteiger partial charge on any atom is 0.187 e. The minimum absolute atomic E-state index is 0.339. The molecule has 0 aromatic rings. The molecular weight excluding hydrogens is 276 g/mol. The van der Waals surface area contributed by atoms with E-state index in [0.717, 1.165) is 0 Å². The van der Waals surface area contributed by atoms with Crippen LogP contribution in [0.4, 0.5) is 0 Å². The Morgan fingerprint density at radius 3 is 2.67 bits per heavy atom. The molecule has 0 radical (unpaired) electrons. The molecule has 4 aliphatic rings. The zero-order valence-corrected chi connectivity index (χ0v) is 12.1. The summed E-state index contributed by atoms with van der Waals surface area (Å²) in [4.78, 5) is 12.3. The first kappa shape index (κ1) is 13.8. The van der Waals surface area contributed by atoms with E-state index in [0.29, 0.717) is 18.6 Å². The summed E-state index contributed by atoms with van der Waals surface area (Å²) >= 11 is 0. The summed E-state index contributed by atoms with van der Waals surface area (Å²) in [6.45, 7) is 3.55. The van der Waals surface area contributed by atoms with Gasteiger partial charge in [0.1, 0.15) is 17.8 Å². The SMILES string of the molecule is CC1=C[C@@H]2O[C@H]3[C@@H](O)C[C@@](C)([C@]2(CO)[C@H](O)C1=O)[C@]31CO1. The van der Waals surface area contributed by atoms with Crippen molar-refractivity contribution < 1.29 is 29.6 Å². The molecular formula is C15H20O6. The van der Waals surface area contributed by atoms with Crippen molar-refractivity contribution in [3.63, 3.8) is 0 Å². The van der Waals surface area contributed by atoms with E-state index in [1.807, 2.05) is 6.92 Å². The minimum atomic E-state index is -1.35. The Morgan fingerprint density at radius 2 is 2.10 bits per heavy atom. The van der Waals surface area contributed by atoms with Gasteiger partial charge in [-0.25, -0.2) is 0 Å². The van der Waals surface area contributed by atoms with Crippen LogP contribution in [-0.2, 0) is 14.3 Å². The number of carbonyl (C=O) groups is 1. The third-order valence-electron chi connectivity index (χ3n) is 6.43. The summed E-state index contributed by atoms with van der Waals surface area (Å²) in [5, 5.41) is 31.1. The first-order chi connectivity index (χ1) is 9.84. The predicted molar refractivity (Wildman–Crippen MR) is 70.4 cm³/mol. The van der Waals surface area contributed by atoms with Crippen molar-refractivity contribution in [1.29, 1.82) is 0 Å². The average Bonchev–Trinajstić information content (AvgIpc) is 3.20. The van der Waals surface area contributed by atoms with E-state index in [2.05, 4.69) is 0 Å². The van der Waals surface area contributed by atoms with Gasteiger partial charge >= 0.3 is 0 Å². The Balaban J connectivity index is 1.95. The molecule has 1 spiro atoms. The van der Waals surface area contributed by atoms with E-state index in [-0.39, 0.29) is 5.78 Å². The number of ketones is 1. The summed E-state index contributed by atoms with van der Waals surface area (Å²) in [6, 6.07) is 0. The number of rotatable bonds is 1. The lowest BCUT2D eigenvalue weighted by Crippen LogP contribution is -2.70. The van der Waals surface area contributed by atoms with Crippen LogP contribution < -0.4 is 0 Å². The fraction of sp³-hybridized carbons (Fsp3) is 0.800. The summed E-state index contributed by atoms with van der Waals surface area (Å²) < 4.78 is 11.6. The zero-order chi connectivity index (χ0) is 15.2. The van der Waals surface area contributed by atoms with Crippen LogP contribution in [0.2, 0.25) is 0 Å². The topological polar surface area (TPSA) is 99.5 Å². The molecule has 3 N–H and O–H groups in total. The molecule has 2 aliphatic heterocycles. The van der Waals surface area contributed by atoms with Crippen molar-refractivity contribution in [3.05, 3.63) is 11.6 Å². The van der Waals surface area contributed by atoms with Crippen LogP contribution in [0, 0.1) is 10.8 Å². The summed E-state index contributed by atoms with van der Waals surface area (Å²) in [5.74, 6) is -0.388. The summed E-state index contributed by atoms with van der Waals surface area (Å²) in [6.07, 6.45) is -1.14. The lowest BCUT2D eigenvalue weighted by molar-refractivity contribution is -0.244. The maximum absolute atomic E-state index is 12.3. The first-order valence-electron chi connectivity index (χ1n) is 7.33. The second kappa shape index (κ2) is 3.75. The lowest BCUT2D eigenvalue weighted by atomic mass is 9.50. The molecule has 2 aliphatic carbocycles. The quantitative estimate of drug-likeness (QED) is 0.546. The van der Waals surface area contributed by atoms with E-state index in [9.17, 15) is 20.1 Å². The Morgan fingerprint density at radius 1 is 1.43 bits per heavy atom. The molecule has 6 nitrogen and oxygen atoms in total. The fourth-order valence-electron chi connectivity index (χ4n) is 5.02. The van der Waals surface area contributed by atoms with Gasteiger partial charge in [-0.3, -0.25) is 4.79 Å². The third kappa shape index (κ3) is 1.22. The summed E-state index contributed by atoms with van der Waals surface area (Å²) in [7, 11) is 0. The van der Waals surface area contributed by atoms with E-state index >= 15 is 0 Å². The van der Waals surface area contributed by atoms with Crippen molar-refractivity contribution in [2.75, 3.05) is 13.2 Å². The van der Waals surface area contributed by atoms with Crippen LogP contribution in [0.5, 0.6) is 0 Å². The number of epoxide rings is 1. The number of hydrogen-bond acceptors (Lipinski definition) is 6. The van der Waals surface area contributed by atoms with Gasteiger partial charge in [-0.15, -0.1) is 0 Å². The molecule has 0 amide bonds. The number of Topliss-reactive ketones (excluding diaryl/α,β-unsaturated/α-hetero) is 1. The number of fused-ring (bicyclic) bond motifs is 2. The van der Waals surface area contributed by atoms with Crippen LogP contribution in [0.25, 0.3) is 0 Å². The Labute approximate surface area is 122 Å². The molecule has 2 bridgehead atoms. The number of carbonyl (C=O) groups excluding carboxylic acids is 1. The second-order valence-corrected chi connectivity index (χ2v) is 7.07. The molecule has 21 heavy (non-hydrogen) atoms. The molecule has 0 aromatic carbocycles. The molecule has 7 atom stereocenters. The van der Waals surface area contributed by atoms with E-state index in [4.69, 9.17) is 9.47 Å². The number of ether oxygens (including phenoxy) is 2. The van der Waals surface area contributed by atoms with E-state index in [1.165, 1.54) is 0 Å². The molecule has 2 saturated heterocycles. The van der Waals surface area contributed by atoms with Gasteiger partial charge in [-0.05, 0) is 25.0 Å². The van der Waals surface area contributed by atoms with Crippen LogP contribution in [0.1, 0.15) is 20.3 Å². The van der Waals surface area contributed by atoms with Crippen LogP contribution in [-0.4, -0.2) is 64.3 Å². The highest BCUT2D eigenvalue weighted by molar-refractivity contribution is 6.00. The van der Waals surface area contributed by atoms with E-state index in [1.54, 1.807) is 13.0 Å². The lowest BCUT2D eigenvalue weighted by Gasteiger charge is -2.58. The van der Waals surface area contributed by atoms with Gasteiger partial charge in [0, 0.05) is 5.41 Å². The highest BCUT2D eigenvalue weighted by atomic mass is 16.6. The number of aliphatic hydroxyl groups is 3. The second-order valence-electron chi connectivity index (χ2n) is 7.07. The molecule has 6 heteroatoms. The zero-order valence-electron chi connectivity index (χ0n) is 12.1. The fourth-order valence-corrected chi connectivity index (χ4v) is 5.02. The highest BCUT2D eigenvalue weighted by Crippen LogP contribution is 2.70. The molecule has 0 aromatic heterocycles. The van der Waals surface area contributed by atoms with Crippen molar-refractivity contribution in [1.82, 2.24) is 0 Å². The van der Waals surface area contributed by atoms with Gasteiger partial charge in [0.05, 0.1) is 30.8 Å². The maximum atomic E-state index is 12.3. The first-order valence-corrected chi connectivity index (χ1v) is 7.33. The monoisotopic (exact) mass is 296 g/mol. The number of aliphatic hydroxyl groups excluding tert-OH is 3. The molecule has 116 valence electrons. The van der Waals surface area contributed by atoms with Crippen LogP contribution >= 0.6 is 0 Å². The van der Waals surface area contributed by atoms with Crippen molar-refractivity contribution >= 4 is 5.78 Å². The van der Waals surface area contributed by atoms with Gasteiger partial charge in [-0.1, -0.05) is 6.92 Å². The highest BCUT2D eigenvalue weighted by Gasteiger charge is 2.83. The Hall–Kier alpha value is -0.790. The summed E-state index contributed by atoms with van der Waals surface area (Å²) in [5.41, 5.74) is -2.16. The average molecular weight is 296 g/mol. The van der Waals surface area contributed by atoms with Crippen LogP contribution in [0.3, 0.4) is 0 Å². The Kier molecular flexibility index (Phi) is 2.47. The predicted octanol–water partition coefficient (Wildman–Crippen LogP) is -0.838. The molecule has 2 heterocycles. The van der Waals surface area contributed by atoms with E-state index < -0.39 is 47.5 Å². The molecule has 1 saturated carbocycles. The van der Waals surface area contributed by atoms with Gasteiger partial charge in [0.25, 0.3) is 0 Å². The van der Waals surface area contributed by atoms with Gasteiger partial charge < -0.3 is 24.8 Å².